The van der Waals surface area contributed by atoms with Crippen LogP contribution in [0.1, 0.15) is 5.69 Å². The topological polar surface area (TPSA) is 85.1 Å². The van der Waals surface area contributed by atoms with Crippen molar-refractivity contribution in [3.8, 4) is 0 Å². The lowest BCUT2D eigenvalue weighted by molar-refractivity contribution is 0.544. The largest absolute Gasteiger partial charge is 0.396 e. The highest BCUT2D eigenvalue weighted by molar-refractivity contribution is 7.89. The molecule has 1 aromatic heterocycles. The molecular weight excluding hydrogens is 300 g/mol. The highest BCUT2D eigenvalue weighted by Crippen LogP contribution is 2.20. The van der Waals surface area contributed by atoms with Gasteiger partial charge in [-0.25, -0.2) is 21.9 Å². The van der Waals surface area contributed by atoms with Gasteiger partial charge >= 0.3 is 0 Å². The summed E-state index contributed by atoms with van der Waals surface area (Å²) in [5, 5.41) is 0. The van der Waals surface area contributed by atoms with Crippen molar-refractivity contribution in [2.24, 2.45) is 0 Å². The van der Waals surface area contributed by atoms with Gasteiger partial charge in [0.2, 0.25) is 10.0 Å². The first kappa shape index (κ1) is 15.3. The Morgan fingerprint density at radius 3 is 2.62 bits per heavy atom. The fourth-order valence-corrected chi connectivity index (χ4v) is 2.81. The number of nitrogens with zero attached hydrogens (tertiary/aromatic N) is 1. The number of nitrogens with two attached hydrogens (primary N) is 1. The molecular formula is C13H13F2N3O2S. The molecule has 0 atom stereocenters. The van der Waals surface area contributed by atoms with Gasteiger partial charge in [-0.3, -0.25) is 4.98 Å². The SMILES string of the molecule is Nc1cc(S(=O)(=O)NCCc2ccccn2)c(F)cc1F. The first-order valence-electron chi connectivity index (χ1n) is 6.04. The van der Waals surface area contributed by atoms with E-state index in [0.29, 0.717) is 18.2 Å². The number of anilines is 1. The summed E-state index contributed by atoms with van der Waals surface area (Å²) < 4.78 is 52.7. The minimum atomic E-state index is -4.10. The van der Waals surface area contributed by atoms with E-state index in [1.54, 1.807) is 24.4 Å². The molecule has 1 heterocycles. The fourth-order valence-electron chi connectivity index (χ4n) is 1.69. The molecule has 0 aliphatic carbocycles. The molecule has 2 rings (SSSR count). The van der Waals surface area contributed by atoms with E-state index < -0.39 is 32.2 Å². The fraction of sp³-hybridized carbons (Fsp3) is 0.154. The molecule has 112 valence electrons. The Labute approximate surface area is 120 Å². The average Bonchev–Trinajstić information content (AvgIpc) is 2.43. The Hall–Kier alpha value is -2.06. The van der Waals surface area contributed by atoms with E-state index in [9.17, 15) is 17.2 Å². The smallest absolute Gasteiger partial charge is 0.243 e. The first-order valence-corrected chi connectivity index (χ1v) is 7.52. The van der Waals surface area contributed by atoms with Crippen molar-refractivity contribution in [3.63, 3.8) is 0 Å². The summed E-state index contributed by atoms with van der Waals surface area (Å²) in [5.41, 5.74) is 5.53. The Kier molecular flexibility index (Phi) is 4.49. The van der Waals surface area contributed by atoms with Crippen LogP contribution in [0.15, 0.2) is 41.4 Å². The number of sulfonamides is 1. The van der Waals surface area contributed by atoms with Crippen LogP contribution in [0, 0.1) is 11.6 Å². The molecule has 5 nitrogen and oxygen atoms in total. The normalized spacial score (nSPS) is 11.5. The summed E-state index contributed by atoms with van der Waals surface area (Å²) in [7, 11) is -4.10. The van der Waals surface area contributed by atoms with E-state index in [1.165, 1.54) is 0 Å². The van der Waals surface area contributed by atoms with E-state index in [4.69, 9.17) is 5.73 Å². The van der Waals surface area contributed by atoms with Gasteiger partial charge < -0.3 is 5.73 Å². The Morgan fingerprint density at radius 2 is 1.95 bits per heavy atom. The monoisotopic (exact) mass is 313 g/mol. The van der Waals surface area contributed by atoms with Crippen LogP contribution < -0.4 is 10.5 Å². The molecule has 0 amide bonds. The van der Waals surface area contributed by atoms with E-state index in [1.807, 2.05) is 0 Å². The third kappa shape index (κ3) is 3.73. The van der Waals surface area contributed by atoms with Crippen molar-refractivity contribution in [1.29, 1.82) is 0 Å². The summed E-state index contributed by atoms with van der Waals surface area (Å²) in [5.74, 6) is -2.19. The zero-order valence-electron chi connectivity index (χ0n) is 10.9. The minimum Gasteiger partial charge on any atom is -0.396 e. The number of nitrogen functional groups attached to an aromatic ring is 1. The van der Waals surface area contributed by atoms with Crippen LogP contribution in [0.5, 0.6) is 0 Å². The van der Waals surface area contributed by atoms with Gasteiger partial charge in [0.05, 0.1) is 5.69 Å². The van der Waals surface area contributed by atoms with E-state index in [0.717, 1.165) is 6.07 Å². The Bertz CT molecular complexity index is 737. The van der Waals surface area contributed by atoms with Crippen molar-refractivity contribution in [3.05, 3.63) is 53.9 Å². The standard InChI is InChI=1S/C13H13F2N3O2S/c14-10-7-11(15)13(8-12(10)16)21(19,20)18-6-4-9-3-1-2-5-17-9/h1-3,5,7-8,18H,4,6,16H2. The van der Waals surface area contributed by atoms with Crippen LogP contribution in [0.4, 0.5) is 14.5 Å². The van der Waals surface area contributed by atoms with Gasteiger partial charge in [0.25, 0.3) is 0 Å². The predicted molar refractivity (Wildman–Crippen MR) is 73.9 cm³/mol. The van der Waals surface area contributed by atoms with Gasteiger partial charge in [-0.2, -0.15) is 0 Å². The van der Waals surface area contributed by atoms with Crippen LogP contribution >= 0.6 is 0 Å². The summed E-state index contributed by atoms with van der Waals surface area (Å²) >= 11 is 0. The molecule has 0 radical (unpaired) electrons. The number of halogens is 2. The predicted octanol–water partition coefficient (Wildman–Crippen LogP) is 1.46. The van der Waals surface area contributed by atoms with Gasteiger partial charge in [-0.1, -0.05) is 6.07 Å². The van der Waals surface area contributed by atoms with Crippen molar-refractivity contribution in [2.45, 2.75) is 11.3 Å². The second-order valence-corrected chi connectivity index (χ2v) is 6.01. The van der Waals surface area contributed by atoms with Gasteiger partial charge in [-0.15, -0.1) is 0 Å². The molecule has 8 heteroatoms. The molecule has 0 saturated carbocycles. The van der Waals surface area contributed by atoms with E-state index >= 15 is 0 Å². The third-order valence-electron chi connectivity index (χ3n) is 2.74. The van der Waals surface area contributed by atoms with Crippen molar-refractivity contribution >= 4 is 15.7 Å². The molecule has 21 heavy (non-hydrogen) atoms. The zero-order valence-corrected chi connectivity index (χ0v) is 11.7. The number of benzene rings is 1. The maximum absolute atomic E-state index is 13.5. The van der Waals surface area contributed by atoms with Crippen molar-refractivity contribution in [2.75, 3.05) is 12.3 Å². The van der Waals surface area contributed by atoms with Gasteiger partial charge in [0.1, 0.15) is 16.5 Å². The number of pyridine rings is 1. The first-order chi connectivity index (χ1) is 9.90. The third-order valence-corrected chi connectivity index (χ3v) is 4.22. The number of rotatable bonds is 5. The van der Waals surface area contributed by atoms with Gasteiger partial charge in [0.15, 0.2) is 0 Å². The molecule has 0 aliphatic rings. The van der Waals surface area contributed by atoms with Crippen LogP contribution in [0.25, 0.3) is 0 Å². The zero-order chi connectivity index (χ0) is 15.5. The lowest BCUT2D eigenvalue weighted by Gasteiger charge is -2.08. The number of aromatic nitrogens is 1. The minimum absolute atomic E-state index is 0.0378. The molecule has 3 N–H and O–H groups in total. The summed E-state index contributed by atoms with van der Waals surface area (Å²) in [6, 6.07) is 6.46. The van der Waals surface area contributed by atoms with E-state index in [2.05, 4.69) is 9.71 Å². The maximum Gasteiger partial charge on any atom is 0.243 e. The number of nitrogens with one attached hydrogen (secondary N) is 1. The number of hydrogen-bond donors (Lipinski definition) is 2. The van der Waals surface area contributed by atoms with Crippen LogP contribution in [-0.4, -0.2) is 19.9 Å². The van der Waals surface area contributed by atoms with E-state index in [-0.39, 0.29) is 6.54 Å². The lowest BCUT2D eigenvalue weighted by atomic mass is 10.3. The summed E-state index contributed by atoms with van der Waals surface area (Å²) in [6.45, 7) is 0.0378. The highest BCUT2D eigenvalue weighted by atomic mass is 32.2. The van der Waals surface area contributed by atoms with Gasteiger partial charge in [-0.05, 0) is 18.2 Å². The molecule has 1 aromatic carbocycles. The highest BCUT2D eigenvalue weighted by Gasteiger charge is 2.20. The summed E-state index contributed by atoms with van der Waals surface area (Å²) in [4.78, 5) is 3.36. The Balaban J connectivity index is 2.10. The summed E-state index contributed by atoms with van der Waals surface area (Å²) in [6.07, 6.45) is 1.93. The second kappa shape index (κ2) is 6.15. The molecule has 0 saturated heterocycles. The van der Waals surface area contributed by atoms with Crippen molar-refractivity contribution in [1.82, 2.24) is 9.71 Å². The van der Waals surface area contributed by atoms with Crippen LogP contribution in [-0.2, 0) is 16.4 Å². The Morgan fingerprint density at radius 1 is 1.19 bits per heavy atom. The van der Waals surface area contributed by atoms with Crippen molar-refractivity contribution < 1.29 is 17.2 Å². The average molecular weight is 313 g/mol. The molecule has 0 spiro atoms. The van der Waals surface area contributed by atoms with Crippen LogP contribution in [0.2, 0.25) is 0 Å². The molecule has 0 unspecified atom stereocenters. The molecule has 2 aromatic rings. The second-order valence-electron chi connectivity index (χ2n) is 4.27. The van der Waals surface area contributed by atoms with Crippen LogP contribution in [0.3, 0.4) is 0 Å². The number of hydrogen-bond acceptors (Lipinski definition) is 4. The maximum atomic E-state index is 13.5. The molecule has 0 fully saturated rings. The lowest BCUT2D eigenvalue weighted by Crippen LogP contribution is -2.27. The molecule has 0 aliphatic heterocycles. The molecule has 0 bridgehead atoms. The van der Waals surface area contributed by atoms with Gasteiger partial charge in [0, 0.05) is 30.9 Å². The quantitative estimate of drug-likeness (QED) is 0.819.